The first-order valence-electron chi connectivity index (χ1n) is 13.5. The Labute approximate surface area is 222 Å². The predicted molar refractivity (Wildman–Crippen MR) is 146 cm³/mol. The lowest BCUT2D eigenvalue weighted by molar-refractivity contribution is 0.0703. The standard InChI is InChI=1S/C31H33FN2O2S/c32-28-19-29(26(21-13-14-21)18-27(28)31(35)33-37-25-15-16-25)36-24-12-7-17-34(20-24)30(22-8-3-1-4-9-22)23-10-5-2-6-11-23/h1-6,8-11,18-19,21,24-25,30H,7,12-17,20H2,(H,33,35). The Kier molecular flexibility index (Phi) is 7.21. The zero-order valence-electron chi connectivity index (χ0n) is 20.9. The summed E-state index contributed by atoms with van der Waals surface area (Å²) in [7, 11) is 0. The van der Waals surface area contributed by atoms with E-state index in [9.17, 15) is 4.79 Å². The molecule has 0 bridgehead atoms. The molecule has 1 atom stereocenters. The van der Waals surface area contributed by atoms with E-state index in [1.807, 2.05) is 0 Å². The molecule has 1 unspecified atom stereocenters. The van der Waals surface area contributed by atoms with Crippen LogP contribution in [-0.2, 0) is 0 Å². The van der Waals surface area contributed by atoms with Crippen LogP contribution in [0.15, 0.2) is 72.8 Å². The second kappa shape index (κ2) is 10.9. The van der Waals surface area contributed by atoms with E-state index in [2.05, 4.69) is 70.3 Å². The van der Waals surface area contributed by atoms with Crippen molar-refractivity contribution in [1.82, 2.24) is 9.62 Å². The van der Waals surface area contributed by atoms with Crippen molar-refractivity contribution < 1.29 is 13.9 Å². The molecular formula is C31H33FN2O2S. The van der Waals surface area contributed by atoms with Crippen LogP contribution in [0.1, 0.15) is 77.5 Å². The number of hydrogen-bond acceptors (Lipinski definition) is 4. The zero-order chi connectivity index (χ0) is 25.2. The highest BCUT2D eigenvalue weighted by Gasteiger charge is 2.33. The predicted octanol–water partition coefficient (Wildman–Crippen LogP) is 6.88. The van der Waals surface area contributed by atoms with Crippen molar-refractivity contribution >= 4 is 17.9 Å². The Morgan fingerprint density at radius 3 is 2.24 bits per heavy atom. The van der Waals surface area contributed by atoms with Gasteiger partial charge in [0.05, 0.1) is 11.6 Å². The van der Waals surface area contributed by atoms with Gasteiger partial charge in [-0.3, -0.25) is 14.4 Å². The van der Waals surface area contributed by atoms with Gasteiger partial charge in [0, 0.05) is 17.9 Å². The van der Waals surface area contributed by atoms with Crippen LogP contribution in [0.2, 0.25) is 0 Å². The molecule has 1 saturated heterocycles. The van der Waals surface area contributed by atoms with Gasteiger partial charge in [0.1, 0.15) is 17.7 Å². The molecule has 1 heterocycles. The highest BCUT2D eigenvalue weighted by molar-refractivity contribution is 7.98. The number of carbonyl (C=O) groups excluding carboxylic acids is 1. The molecular weight excluding hydrogens is 483 g/mol. The molecule has 3 aliphatic rings. The first-order valence-corrected chi connectivity index (χ1v) is 14.3. The van der Waals surface area contributed by atoms with Crippen molar-refractivity contribution in [3.63, 3.8) is 0 Å². The minimum absolute atomic E-state index is 0.0364. The Hall–Kier alpha value is -2.83. The lowest BCUT2D eigenvalue weighted by Crippen LogP contribution is -2.43. The summed E-state index contributed by atoms with van der Waals surface area (Å²) >= 11 is 1.41. The largest absolute Gasteiger partial charge is 0.489 e. The number of rotatable bonds is 9. The lowest BCUT2D eigenvalue weighted by Gasteiger charge is -2.39. The fourth-order valence-corrected chi connectivity index (χ4v) is 6.06. The normalized spacial score (nSPS) is 20.1. The molecule has 0 aromatic heterocycles. The number of piperidine rings is 1. The molecule has 6 rings (SSSR count). The van der Waals surface area contributed by atoms with Gasteiger partial charge in [0.2, 0.25) is 0 Å². The summed E-state index contributed by atoms with van der Waals surface area (Å²) in [5, 5.41) is 0.474. The molecule has 4 nitrogen and oxygen atoms in total. The molecule has 37 heavy (non-hydrogen) atoms. The minimum Gasteiger partial charge on any atom is -0.489 e. The third-order valence-electron chi connectivity index (χ3n) is 7.50. The van der Waals surface area contributed by atoms with Crippen molar-refractivity contribution in [3.05, 3.63) is 101 Å². The Bertz CT molecular complexity index is 1190. The van der Waals surface area contributed by atoms with Crippen molar-refractivity contribution in [1.29, 1.82) is 0 Å². The summed E-state index contributed by atoms with van der Waals surface area (Å²) in [6.07, 6.45) is 6.25. The van der Waals surface area contributed by atoms with Gasteiger partial charge in [-0.25, -0.2) is 4.39 Å². The number of amides is 1. The maximum Gasteiger partial charge on any atom is 0.264 e. The summed E-state index contributed by atoms with van der Waals surface area (Å²) in [5.41, 5.74) is 3.63. The van der Waals surface area contributed by atoms with Gasteiger partial charge in [-0.05, 0) is 85.7 Å². The zero-order valence-corrected chi connectivity index (χ0v) is 21.8. The fourth-order valence-electron chi connectivity index (χ4n) is 5.30. The van der Waals surface area contributed by atoms with Crippen LogP contribution in [0.5, 0.6) is 5.75 Å². The summed E-state index contributed by atoms with van der Waals surface area (Å²) in [6, 6.07) is 24.6. The SMILES string of the molecule is O=C(NSC1CC1)c1cc(C2CC2)c(OC2CCCN(C(c3ccccc3)c3ccccc3)C2)cc1F. The summed E-state index contributed by atoms with van der Waals surface area (Å²) < 4.78 is 24.5. The van der Waals surface area contributed by atoms with Gasteiger partial charge >= 0.3 is 0 Å². The van der Waals surface area contributed by atoms with E-state index in [-0.39, 0.29) is 23.6 Å². The third-order valence-corrected chi connectivity index (χ3v) is 8.61. The van der Waals surface area contributed by atoms with E-state index >= 15 is 4.39 Å². The highest BCUT2D eigenvalue weighted by atomic mass is 32.2. The van der Waals surface area contributed by atoms with Gasteiger partial charge in [0.15, 0.2) is 0 Å². The maximum absolute atomic E-state index is 15.1. The van der Waals surface area contributed by atoms with Crippen LogP contribution in [0.3, 0.4) is 0 Å². The van der Waals surface area contributed by atoms with E-state index in [1.165, 1.54) is 29.1 Å². The monoisotopic (exact) mass is 516 g/mol. The number of hydrogen-bond donors (Lipinski definition) is 1. The molecule has 192 valence electrons. The summed E-state index contributed by atoms with van der Waals surface area (Å²) in [4.78, 5) is 15.2. The van der Waals surface area contributed by atoms with Crippen molar-refractivity contribution in [2.45, 2.75) is 61.8 Å². The van der Waals surface area contributed by atoms with Crippen LogP contribution < -0.4 is 9.46 Å². The number of nitrogens with zero attached hydrogens (tertiary/aromatic N) is 1. The topological polar surface area (TPSA) is 41.6 Å². The van der Waals surface area contributed by atoms with Gasteiger partial charge in [-0.15, -0.1) is 0 Å². The fraction of sp³-hybridized carbons (Fsp3) is 0.387. The van der Waals surface area contributed by atoms with E-state index < -0.39 is 5.82 Å². The van der Waals surface area contributed by atoms with E-state index in [4.69, 9.17) is 4.74 Å². The summed E-state index contributed by atoms with van der Waals surface area (Å²) in [6.45, 7) is 1.75. The number of benzene rings is 3. The highest BCUT2D eigenvalue weighted by Crippen LogP contribution is 2.46. The van der Waals surface area contributed by atoms with Crippen molar-refractivity contribution in [3.8, 4) is 5.75 Å². The molecule has 3 fully saturated rings. The molecule has 3 aromatic carbocycles. The number of carbonyl (C=O) groups is 1. The lowest BCUT2D eigenvalue weighted by atomic mass is 9.94. The van der Waals surface area contributed by atoms with Gasteiger partial charge in [-0.2, -0.15) is 0 Å². The minimum atomic E-state index is -0.507. The quantitative estimate of drug-likeness (QED) is 0.315. The molecule has 1 aliphatic heterocycles. The number of ether oxygens (including phenoxy) is 1. The Morgan fingerprint density at radius 2 is 1.62 bits per heavy atom. The van der Waals surface area contributed by atoms with E-state index in [0.717, 1.165) is 57.2 Å². The van der Waals surface area contributed by atoms with Crippen molar-refractivity contribution in [2.24, 2.45) is 0 Å². The van der Waals surface area contributed by atoms with Crippen LogP contribution in [0.25, 0.3) is 0 Å². The molecule has 6 heteroatoms. The molecule has 1 amide bonds. The van der Waals surface area contributed by atoms with Gasteiger partial charge in [-0.1, -0.05) is 60.7 Å². The average molecular weight is 517 g/mol. The second-order valence-electron chi connectivity index (χ2n) is 10.5. The van der Waals surface area contributed by atoms with Crippen LogP contribution in [0.4, 0.5) is 4.39 Å². The first kappa shape index (κ1) is 24.5. The molecule has 0 radical (unpaired) electrons. The van der Waals surface area contributed by atoms with Crippen LogP contribution >= 0.6 is 11.9 Å². The number of likely N-dealkylation sites (tertiary alicyclic amines) is 1. The van der Waals surface area contributed by atoms with Gasteiger partial charge in [0.25, 0.3) is 5.91 Å². The van der Waals surface area contributed by atoms with Crippen LogP contribution in [0, 0.1) is 5.82 Å². The number of halogens is 1. The third kappa shape index (κ3) is 5.86. The van der Waals surface area contributed by atoms with Gasteiger partial charge < -0.3 is 4.74 Å². The van der Waals surface area contributed by atoms with Crippen LogP contribution in [-0.4, -0.2) is 35.3 Å². The van der Waals surface area contributed by atoms with Crippen molar-refractivity contribution in [2.75, 3.05) is 13.1 Å². The number of nitrogens with one attached hydrogen (secondary N) is 1. The molecule has 2 aliphatic carbocycles. The summed E-state index contributed by atoms with van der Waals surface area (Å²) in [5.74, 6) is 0.0983. The molecule has 1 N–H and O–H groups in total. The molecule has 0 spiro atoms. The first-order chi connectivity index (χ1) is 18.2. The van der Waals surface area contributed by atoms with E-state index in [1.54, 1.807) is 6.07 Å². The Morgan fingerprint density at radius 1 is 0.946 bits per heavy atom. The second-order valence-corrected chi connectivity index (χ2v) is 11.6. The Balaban J connectivity index is 1.22. The molecule has 2 saturated carbocycles. The average Bonchev–Trinajstić information content (AvgIpc) is 3.84. The smallest absolute Gasteiger partial charge is 0.264 e. The maximum atomic E-state index is 15.1. The van der Waals surface area contributed by atoms with E-state index in [0.29, 0.717) is 16.9 Å². The molecule has 3 aromatic rings.